The molecule has 1 N–H and O–H groups in total. The second-order valence-electron chi connectivity index (χ2n) is 2.35. The second kappa shape index (κ2) is 4.02. The molecule has 0 saturated heterocycles. The summed E-state index contributed by atoms with van der Waals surface area (Å²) in [6, 6.07) is 5.91. The van der Waals surface area contributed by atoms with Crippen LogP contribution in [-0.4, -0.2) is 17.8 Å². The van der Waals surface area contributed by atoms with E-state index in [1.807, 2.05) is 0 Å². The van der Waals surface area contributed by atoms with Crippen molar-refractivity contribution in [2.75, 3.05) is 6.61 Å². The molecule has 0 radical (unpaired) electrons. The third-order valence-electron chi connectivity index (χ3n) is 1.26. The maximum atomic E-state index is 12.5. The van der Waals surface area contributed by atoms with Gasteiger partial charge in [0.1, 0.15) is 12.4 Å². The third-order valence-corrected chi connectivity index (χ3v) is 1.79. The number of aliphatic hydroxyl groups is 1. The largest absolute Gasteiger partial charge is 0.431 e. The highest BCUT2D eigenvalue weighted by atomic mass is 79.9. The van der Waals surface area contributed by atoms with Crippen molar-refractivity contribution in [1.29, 1.82) is 0 Å². The summed E-state index contributed by atoms with van der Waals surface area (Å²) in [7, 11) is 0. The Balaban J connectivity index is 2.69. The van der Waals surface area contributed by atoms with Crippen LogP contribution in [0.5, 0.6) is 5.75 Å². The van der Waals surface area contributed by atoms with Crippen LogP contribution in [0.2, 0.25) is 0 Å². The monoisotopic (exact) mass is 252 g/mol. The molecule has 0 amide bonds. The maximum absolute atomic E-state index is 12.5. The molecule has 2 nitrogen and oxygen atoms in total. The van der Waals surface area contributed by atoms with Gasteiger partial charge in [-0.05, 0) is 24.3 Å². The maximum Gasteiger partial charge on any atom is 0.421 e. The van der Waals surface area contributed by atoms with Gasteiger partial charge in [-0.25, -0.2) is 0 Å². The minimum atomic E-state index is -3.52. The van der Waals surface area contributed by atoms with Gasteiger partial charge in [0.2, 0.25) is 0 Å². The second-order valence-corrected chi connectivity index (χ2v) is 3.27. The Morgan fingerprint density at radius 1 is 1.31 bits per heavy atom. The van der Waals surface area contributed by atoms with Crippen molar-refractivity contribution in [3.63, 3.8) is 0 Å². The fourth-order valence-corrected chi connectivity index (χ4v) is 0.972. The topological polar surface area (TPSA) is 29.5 Å². The van der Waals surface area contributed by atoms with E-state index < -0.39 is 12.7 Å². The molecule has 0 saturated carbocycles. The smallest absolute Gasteiger partial charge is 0.421 e. The molecule has 72 valence electrons. The van der Waals surface area contributed by atoms with Crippen LogP contribution >= 0.6 is 15.9 Å². The molecule has 0 spiro atoms. The fourth-order valence-electron chi connectivity index (χ4n) is 0.707. The zero-order valence-electron chi connectivity index (χ0n) is 6.51. The molecule has 1 rings (SSSR count). The number of ether oxygens (including phenoxy) is 1. The highest BCUT2D eigenvalue weighted by Gasteiger charge is 2.30. The Morgan fingerprint density at radius 3 is 2.31 bits per heavy atom. The van der Waals surface area contributed by atoms with Gasteiger partial charge in [-0.1, -0.05) is 15.9 Å². The summed E-state index contributed by atoms with van der Waals surface area (Å²) in [5.41, 5.74) is 0. The average Bonchev–Trinajstić information content (AvgIpc) is 2.09. The third kappa shape index (κ3) is 3.28. The quantitative estimate of drug-likeness (QED) is 0.896. The average molecular weight is 253 g/mol. The number of hydrogen-bond donors (Lipinski definition) is 1. The van der Waals surface area contributed by atoms with Crippen LogP contribution in [0.1, 0.15) is 0 Å². The van der Waals surface area contributed by atoms with E-state index in [1.165, 1.54) is 12.1 Å². The van der Waals surface area contributed by atoms with E-state index in [2.05, 4.69) is 20.7 Å². The van der Waals surface area contributed by atoms with Gasteiger partial charge in [0, 0.05) is 4.47 Å². The zero-order valence-corrected chi connectivity index (χ0v) is 8.09. The van der Waals surface area contributed by atoms with E-state index in [0.717, 1.165) is 4.47 Å². The van der Waals surface area contributed by atoms with Gasteiger partial charge in [-0.2, -0.15) is 8.78 Å². The molecular formula is C8H7BrF2O2. The van der Waals surface area contributed by atoms with Gasteiger partial charge in [0.25, 0.3) is 0 Å². The summed E-state index contributed by atoms with van der Waals surface area (Å²) in [4.78, 5) is 0. The van der Waals surface area contributed by atoms with Crippen LogP contribution in [0, 0.1) is 0 Å². The van der Waals surface area contributed by atoms with Gasteiger partial charge in [-0.15, -0.1) is 0 Å². The zero-order chi connectivity index (χ0) is 9.90. The van der Waals surface area contributed by atoms with Crippen LogP contribution in [0.25, 0.3) is 0 Å². The molecule has 0 unspecified atom stereocenters. The Hall–Kier alpha value is -0.680. The van der Waals surface area contributed by atoms with E-state index in [-0.39, 0.29) is 5.75 Å². The number of halogens is 3. The Morgan fingerprint density at radius 2 is 1.85 bits per heavy atom. The molecule has 0 atom stereocenters. The number of hydrogen-bond acceptors (Lipinski definition) is 2. The van der Waals surface area contributed by atoms with Crippen molar-refractivity contribution in [2.24, 2.45) is 0 Å². The van der Waals surface area contributed by atoms with Gasteiger partial charge >= 0.3 is 6.11 Å². The van der Waals surface area contributed by atoms with Gasteiger partial charge in [0.15, 0.2) is 0 Å². The summed E-state index contributed by atoms with van der Waals surface area (Å²) < 4.78 is 29.9. The van der Waals surface area contributed by atoms with Gasteiger partial charge < -0.3 is 9.84 Å². The summed E-state index contributed by atoms with van der Waals surface area (Å²) in [6.07, 6.45) is -3.52. The van der Waals surface area contributed by atoms with E-state index in [9.17, 15) is 8.78 Å². The molecule has 0 aliphatic rings. The minimum absolute atomic E-state index is 0.0160. The highest BCUT2D eigenvalue weighted by molar-refractivity contribution is 9.10. The van der Waals surface area contributed by atoms with Crippen LogP contribution in [0.3, 0.4) is 0 Å². The van der Waals surface area contributed by atoms with Crippen LogP contribution in [-0.2, 0) is 0 Å². The van der Waals surface area contributed by atoms with Crippen molar-refractivity contribution in [3.8, 4) is 5.75 Å². The van der Waals surface area contributed by atoms with Gasteiger partial charge in [-0.3, -0.25) is 0 Å². The first kappa shape index (κ1) is 10.4. The number of alkyl halides is 2. The molecular weight excluding hydrogens is 246 g/mol. The van der Waals surface area contributed by atoms with Gasteiger partial charge in [0.05, 0.1) is 0 Å². The molecule has 0 fully saturated rings. The van der Waals surface area contributed by atoms with E-state index in [1.54, 1.807) is 12.1 Å². The van der Waals surface area contributed by atoms with E-state index in [4.69, 9.17) is 5.11 Å². The Kier molecular flexibility index (Phi) is 3.22. The Labute approximate surface area is 82.3 Å². The summed E-state index contributed by atoms with van der Waals surface area (Å²) in [6.45, 7) is -1.33. The first-order chi connectivity index (χ1) is 6.03. The molecule has 0 aliphatic heterocycles. The molecule has 1 aromatic rings. The Bertz CT molecular complexity index is 274. The molecule has 13 heavy (non-hydrogen) atoms. The lowest BCUT2D eigenvalue weighted by Crippen LogP contribution is -2.28. The SMILES string of the molecule is OCC(F)(F)Oc1ccc(Br)cc1. The van der Waals surface area contributed by atoms with E-state index >= 15 is 0 Å². The van der Waals surface area contributed by atoms with Crippen molar-refractivity contribution in [3.05, 3.63) is 28.7 Å². The van der Waals surface area contributed by atoms with Crippen molar-refractivity contribution < 1.29 is 18.6 Å². The predicted octanol–water partition coefficient (Wildman–Crippen LogP) is 2.41. The van der Waals surface area contributed by atoms with Crippen molar-refractivity contribution >= 4 is 15.9 Å². The lowest BCUT2D eigenvalue weighted by atomic mass is 10.3. The van der Waals surface area contributed by atoms with Crippen molar-refractivity contribution in [2.45, 2.75) is 6.11 Å². The first-order valence-corrected chi connectivity index (χ1v) is 4.26. The first-order valence-electron chi connectivity index (χ1n) is 3.47. The molecule has 5 heteroatoms. The number of aliphatic hydroxyl groups excluding tert-OH is 1. The van der Waals surface area contributed by atoms with Crippen molar-refractivity contribution in [1.82, 2.24) is 0 Å². The molecule has 1 aromatic carbocycles. The number of rotatable bonds is 3. The van der Waals surface area contributed by atoms with Crippen LogP contribution in [0.15, 0.2) is 28.7 Å². The molecule has 0 aromatic heterocycles. The lowest BCUT2D eigenvalue weighted by Gasteiger charge is -2.14. The van der Waals surface area contributed by atoms with Crippen LogP contribution in [0.4, 0.5) is 8.78 Å². The lowest BCUT2D eigenvalue weighted by molar-refractivity contribution is -0.200. The van der Waals surface area contributed by atoms with Crippen LogP contribution < -0.4 is 4.74 Å². The summed E-state index contributed by atoms with van der Waals surface area (Å²) >= 11 is 3.15. The molecule has 0 aliphatic carbocycles. The predicted molar refractivity (Wildman–Crippen MR) is 46.8 cm³/mol. The molecule has 0 heterocycles. The number of benzene rings is 1. The normalized spacial score (nSPS) is 11.4. The summed E-state index contributed by atoms with van der Waals surface area (Å²) in [5.74, 6) is 0.0160. The summed E-state index contributed by atoms with van der Waals surface area (Å²) in [5, 5.41) is 8.23. The molecule has 0 bridgehead atoms. The highest BCUT2D eigenvalue weighted by Crippen LogP contribution is 2.22. The minimum Gasteiger partial charge on any atom is -0.431 e. The van der Waals surface area contributed by atoms with E-state index in [0.29, 0.717) is 0 Å². The fraction of sp³-hybridized carbons (Fsp3) is 0.250. The standard InChI is InChI=1S/C8H7BrF2O2/c9-6-1-3-7(4-2-6)13-8(10,11)5-12/h1-4,12H,5H2.